The average molecular weight is 377 g/mol. The molecule has 0 aliphatic heterocycles. The fraction of sp³-hybridized carbons (Fsp3) is 0.125. The van der Waals surface area contributed by atoms with Crippen molar-refractivity contribution in [3.63, 3.8) is 0 Å². The maximum Gasteiger partial charge on any atom is 0.257 e. The highest BCUT2D eigenvalue weighted by Crippen LogP contribution is 2.33. The van der Waals surface area contributed by atoms with Crippen LogP contribution in [0.2, 0.25) is 0 Å². The van der Waals surface area contributed by atoms with Crippen molar-refractivity contribution in [1.82, 2.24) is 10.5 Å². The molecular formula is C16H13BrN2O2S. The second-order valence-corrected chi connectivity index (χ2v) is 7.20. The average Bonchev–Trinajstić information content (AvgIpc) is 3.12. The number of thiophene rings is 1. The van der Waals surface area contributed by atoms with Crippen LogP contribution in [0.4, 0.5) is 0 Å². The van der Waals surface area contributed by atoms with Crippen LogP contribution in [-0.2, 0) is 6.54 Å². The SMILES string of the molecule is Cc1onc(-c2ccc(Br)s2)c1C(=O)NCc1ccccc1. The Morgan fingerprint density at radius 2 is 2.05 bits per heavy atom. The molecule has 0 unspecified atom stereocenters. The molecule has 112 valence electrons. The number of hydrogen-bond acceptors (Lipinski definition) is 4. The number of benzene rings is 1. The molecule has 4 nitrogen and oxygen atoms in total. The van der Waals surface area contributed by atoms with Gasteiger partial charge in [0.25, 0.3) is 5.91 Å². The van der Waals surface area contributed by atoms with Crippen LogP contribution < -0.4 is 5.32 Å². The van der Waals surface area contributed by atoms with Gasteiger partial charge in [0, 0.05) is 6.54 Å². The molecule has 6 heteroatoms. The Morgan fingerprint density at radius 3 is 2.73 bits per heavy atom. The van der Waals surface area contributed by atoms with Crippen LogP contribution >= 0.6 is 27.3 Å². The summed E-state index contributed by atoms with van der Waals surface area (Å²) in [5.74, 6) is 0.340. The van der Waals surface area contributed by atoms with Crippen LogP contribution in [0, 0.1) is 6.92 Å². The summed E-state index contributed by atoms with van der Waals surface area (Å²) < 4.78 is 6.20. The molecule has 0 aliphatic rings. The summed E-state index contributed by atoms with van der Waals surface area (Å²) in [6.45, 7) is 2.22. The number of amides is 1. The third-order valence-electron chi connectivity index (χ3n) is 3.19. The lowest BCUT2D eigenvalue weighted by atomic mass is 10.1. The van der Waals surface area contributed by atoms with Gasteiger partial charge in [-0.25, -0.2) is 0 Å². The first-order valence-electron chi connectivity index (χ1n) is 6.69. The zero-order chi connectivity index (χ0) is 15.5. The summed E-state index contributed by atoms with van der Waals surface area (Å²) in [6.07, 6.45) is 0. The van der Waals surface area contributed by atoms with Crippen molar-refractivity contribution < 1.29 is 9.32 Å². The molecule has 0 bridgehead atoms. The van der Waals surface area contributed by atoms with E-state index in [-0.39, 0.29) is 5.91 Å². The minimum absolute atomic E-state index is 0.179. The van der Waals surface area contributed by atoms with Gasteiger partial charge < -0.3 is 9.84 Å². The number of aromatic nitrogens is 1. The van der Waals surface area contributed by atoms with Gasteiger partial charge in [-0.3, -0.25) is 4.79 Å². The Kier molecular flexibility index (Phi) is 4.40. The van der Waals surface area contributed by atoms with E-state index in [0.717, 1.165) is 14.2 Å². The van der Waals surface area contributed by atoms with E-state index in [2.05, 4.69) is 26.4 Å². The van der Waals surface area contributed by atoms with E-state index >= 15 is 0 Å². The zero-order valence-electron chi connectivity index (χ0n) is 11.8. The Bertz CT molecular complexity index is 796. The molecule has 1 N–H and O–H groups in total. The molecule has 3 rings (SSSR count). The topological polar surface area (TPSA) is 55.1 Å². The molecular weight excluding hydrogens is 364 g/mol. The van der Waals surface area contributed by atoms with Gasteiger partial charge >= 0.3 is 0 Å². The lowest BCUT2D eigenvalue weighted by Gasteiger charge is -2.05. The van der Waals surface area contributed by atoms with Gasteiger partial charge in [-0.2, -0.15) is 0 Å². The van der Waals surface area contributed by atoms with E-state index in [1.54, 1.807) is 6.92 Å². The summed E-state index contributed by atoms with van der Waals surface area (Å²) >= 11 is 4.93. The Balaban J connectivity index is 1.82. The summed E-state index contributed by atoms with van der Waals surface area (Å²) in [7, 11) is 0. The molecule has 1 aromatic carbocycles. The van der Waals surface area contributed by atoms with E-state index in [1.165, 1.54) is 11.3 Å². The highest BCUT2D eigenvalue weighted by molar-refractivity contribution is 9.11. The van der Waals surface area contributed by atoms with Crippen molar-refractivity contribution in [1.29, 1.82) is 0 Å². The van der Waals surface area contributed by atoms with Crippen LogP contribution in [0.1, 0.15) is 21.7 Å². The van der Waals surface area contributed by atoms with Crippen molar-refractivity contribution in [3.8, 4) is 10.6 Å². The van der Waals surface area contributed by atoms with Crippen LogP contribution in [0.15, 0.2) is 50.8 Å². The van der Waals surface area contributed by atoms with Gasteiger partial charge in [-0.1, -0.05) is 35.5 Å². The predicted octanol–water partition coefficient (Wildman–Crippen LogP) is 4.40. The van der Waals surface area contributed by atoms with E-state index in [4.69, 9.17) is 4.52 Å². The quantitative estimate of drug-likeness (QED) is 0.733. The fourth-order valence-corrected chi connectivity index (χ4v) is 3.49. The third-order valence-corrected chi connectivity index (χ3v) is 4.82. The molecule has 0 radical (unpaired) electrons. The van der Waals surface area contributed by atoms with Gasteiger partial charge in [-0.05, 0) is 40.5 Å². The molecule has 1 amide bonds. The second-order valence-electron chi connectivity index (χ2n) is 4.73. The number of nitrogens with zero attached hydrogens (tertiary/aromatic N) is 1. The molecule has 0 fully saturated rings. The number of carbonyl (C=O) groups excluding carboxylic acids is 1. The van der Waals surface area contributed by atoms with Crippen LogP contribution in [0.25, 0.3) is 10.6 Å². The van der Waals surface area contributed by atoms with Gasteiger partial charge in [0.15, 0.2) is 0 Å². The van der Waals surface area contributed by atoms with E-state index < -0.39 is 0 Å². The van der Waals surface area contributed by atoms with Crippen molar-refractivity contribution in [3.05, 3.63) is 63.1 Å². The van der Waals surface area contributed by atoms with E-state index in [9.17, 15) is 4.79 Å². The van der Waals surface area contributed by atoms with Crippen molar-refractivity contribution in [2.75, 3.05) is 0 Å². The Labute approximate surface area is 140 Å². The number of hydrogen-bond donors (Lipinski definition) is 1. The summed E-state index contributed by atoms with van der Waals surface area (Å²) in [5, 5.41) is 6.94. The van der Waals surface area contributed by atoms with Crippen LogP contribution in [0.3, 0.4) is 0 Å². The predicted molar refractivity (Wildman–Crippen MR) is 89.9 cm³/mol. The maximum atomic E-state index is 12.5. The minimum Gasteiger partial charge on any atom is -0.360 e. The molecule has 2 heterocycles. The monoisotopic (exact) mass is 376 g/mol. The van der Waals surface area contributed by atoms with Crippen molar-refractivity contribution in [2.24, 2.45) is 0 Å². The van der Waals surface area contributed by atoms with Crippen LogP contribution in [0.5, 0.6) is 0 Å². The van der Waals surface area contributed by atoms with E-state index in [0.29, 0.717) is 23.6 Å². The standard InChI is InChI=1S/C16H13BrN2O2S/c1-10-14(15(19-21-10)12-7-8-13(17)22-12)16(20)18-9-11-5-3-2-4-6-11/h2-8H,9H2,1H3,(H,18,20). The van der Waals surface area contributed by atoms with Crippen molar-refractivity contribution in [2.45, 2.75) is 13.5 Å². The number of nitrogens with one attached hydrogen (secondary N) is 1. The molecule has 22 heavy (non-hydrogen) atoms. The highest BCUT2D eigenvalue weighted by atomic mass is 79.9. The summed E-state index contributed by atoms with van der Waals surface area (Å²) in [6, 6.07) is 13.6. The van der Waals surface area contributed by atoms with Gasteiger partial charge in [0.1, 0.15) is 17.0 Å². The Morgan fingerprint density at radius 1 is 1.27 bits per heavy atom. The summed E-state index contributed by atoms with van der Waals surface area (Å²) in [5.41, 5.74) is 2.12. The lowest BCUT2D eigenvalue weighted by Crippen LogP contribution is -2.23. The molecule has 0 saturated carbocycles. The molecule has 2 aromatic heterocycles. The molecule has 0 aliphatic carbocycles. The van der Waals surface area contributed by atoms with E-state index in [1.807, 2.05) is 42.5 Å². The van der Waals surface area contributed by atoms with Gasteiger partial charge in [0.2, 0.25) is 0 Å². The first kappa shape index (κ1) is 15.0. The minimum atomic E-state index is -0.179. The molecule has 0 saturated heterocycles. The smallest absolute Gasteiger partial charge is 0.257 e. The van der Waals surface area contributed by atoms with Crippen LogP contribution in [-0.4, -0.2) is 11.1 Å². The number of aryl methyl sites for hydroxylation is 1. The normalized spacial score (nSPS) is 10.6. The number of carbonyl (C=O) groups is 1. The highest BCUT2D eigenvalue weighted by Gasteiger charge is 2.22. The third kappa shape index (κ3) is 3.13. The lowest BCUT2D eigenvalue weighted by molar-refractivity contribution is 0.0950. The number of rotatable bonds is 4. The van der Waals surface area contributed by atoms with Gasteiger partial charge in [0.05, 0.1) is 8.66 Å². The molecule has 3 aromatic rings. The first-order valence-corrected chi connectivity index (χ1v) is 8.30. The largest absolute Gasteiger partial charge is 0.360 e. The summed E-state index contributed by atoms with van der Waals surface area (Å²) in [4.78, 5) is 13.4. The zero-order valence-corrected chi connectivity index (χ0v) is 14.2. The molecule has 0 atom stereocenters. The Hall–Kier alpha value is -1.92. The molecule has 0 spiro atoms. The maximum absolute atomic E-state index is 12.5. The second kappa shape index (κ2) is 6.46. The fourth-order valence-electron chi connectivity index (χ4n) is 2.12. The number of halogens is 1. The van der Waals surface area contributed by atoms with Crippen molar-refractivity contribution >= 4 is 33.2 Å². The first-order chi connectivity index (χ1) is 10.6. The van der Waals surface area contributed by atoms with Gasteiger partial charge in [-0.15, -0.1) is 11.3 Å².